The number of ether oxygens (including phenoxy) is 3. The third kappa shape index (κ3) is 6.33. The predicted octanol–water partition coefficient (Wildman–Crippen LogP) is 4.76. The monoisotopic (exact) mass is 582 g/mol. The molecule has 3 aliphatic heterocycles. The number of fused-ring (bicyclic) bond motifs is 2. The molecular weight excluding hydrogens is 544 g/mol. The second kappa shape index (κ2) is 11.9. The summed E-state index contributed by atoms with van der Waals surface area (Å²) in [5.74, 6) is -0.895. The fourth-order valence-electron chi connectivity index (χ4n) is 5.71. The first kappa shape index (κ1) is 29.3. The van der Waals surface area contributed by atoms with E-state index in [0.717, 1.165) is 21.7 Å². The Morgan fingerprint density at radius 2 is 1.88 bits per heavy atom. The molecule has 10 heteroatoms. The van der Waals surface area contributed by atoms with Crippen molar-refractivity contribution in [2.24, 2.45) is 11.3 Å². The van der Waals surface area contributed by atoms with Crippen molar-refractivity contribution in [1.82, 2.24) is 4.90 Å². The van der Waals surface area contributed by atoms with E-state index in [4.69, 9.17) is 14.2 Å². The van der Waals surface area contributed by atoms with Crippen LogP contribution in [0.3, 0.4) is 0 Å². The zero-order valence-corrected chi connectivity index (χ0v) is 24.9. The Morgan fingerprint density at radius 1 is 1.10 bits per heavy atom. The second-order valence-electron chi connectivity index (χ2n) is 12.0. The molecule has 1 unspecified atom stereocenters. The van der Waals surface area contributed by atoms with Crippen LogP contribution in [0, 0.1) is 11.3 Å². The summed E-state index contributed by atoms with van der Waals surface area (Å²) in [6.45, 7) is 8.07. The first-order chi connectivity index (χ1) is 19.6. The summed E-state index contributed by atoms with van der Waals surface area (Å²) in [6.07, 6.45) is 1.18. The van der Waals surface area contributed by atoms with E-state index in [0.29, 0.717) is 50.6 Å². The number of nitrogens with zero attached hydrogens (tertiary/aromatic N) is 2. The number of carbonyl (C=O) groups excluding carboxylic acids is 2. The maximum absolute atomic E-state index is 14.3. The summed E-state index contributed by atoms with van der Waals surface area (Å²) in [6, 6.07) is 11.6. The largest absolute Gasteiger partial charge is 0.486 e. The van der Waals surface area contributed by atoms with Crippen LogP contribution in [0.4, 0.5) is 5.69 Å². The molecule has 220 valence electrons. The quantitative estimate of drug-likeness (QED) is 0.486. The number of hydrogen-bond donors (Lipinski definition) is 1. The predicted molar refractivity (Wildman–Crippen MR) is 156 cm³/mol. The lowest BCUT2D eigenvalue weighted by Crippen LogP contribution is -2.47. The highest BCUT2D eigenvalue weighted by Crippen LogP contribution is 2.46. The van der Waals surface area contributed by atoms with Crippen LogP contribution >= 0.6 is 11.8 Å². The van der Waals surface area contributed by atoms with E-state index >= 15 is 0 Å². The summed E-state index contributed by atoms with van der Waals surface area (Å²) in [5.41, 5.74) is 2.05. The van der Waals surface area contributed by atoms with Gasteiger partial charge in [0.1, 0.15) is 25.4 Å². The number of aliphatic carboxylic acids is 1. The molecule has 0 spiro atoms. The smallest absolute Gasteiger partial charge is 0.308 e. The van der Waals surface area contributed by atoms with Gasteiger partial charge in [0.25, 0.3) is 5.91 Å². The Bertz CT molecular complexity index is 1320. The van der Waals surface area contributed by atoms with Gasteiger partial charge in [-0.1, -0.05) is 32.9 Å². The number of thioether (sulfide) groups is 1. The maximum Gasteiger partial charge on any atom is 0.308 e. The standard InChI is InChI=1S/C31H38N2O7S/c1-31(2,3)18-33-23-11-10-20(41-4)15-22(23)27(21-8-5-9-24-28(21)39-14-13-38-24)40-25(29(33)35)16-26(34)32-12-6-7-19(17-32)30(36)37/h5,8-11,15,19,25,27H,6-7,12-14,16-18H2,1-4H3,(H,36,37)/t19?,25-,27-/m0/s1. The van der Waals surface area contributed by atoms with E-state index in [1.807, 2.05) is 42.7 Å². The molecule has 1 fully saturated rings. The fourth-order valence-corrected chi connectivity index (χ4v) is 6.16. The van der Waals surface area contributed by atoms with Crippen LogP contribution < -0.4 is 14.4 Å². The van der Waals surface area contributed by atoms with Gasteiger partial charge in [-0.05, 0) is 48.8 Å². The van der Waals surface area contributed by atoms with Gasteiger partial charge in [-0.15, -0.1) is 11.8 Å². The lowest BCUT2D eigenvalue weighted by Gasteiger charge is -2.33. The molecule has 1 saturated heterocycles. The van der Waals surface area contributed by atoms with Gasteiger partial charge >= 0.3 is 5.97 Å². The van der Waals surface area contributed by atoms with Crippen LogP contribution in [0.2, 0.25) is 0 Å². The van der Waals surface area contributed by atoms with Gasteiger partial charge < -0.3 is 29.1 Å². The number of carbonyl (C=O) groups is 3. The number of hydrogen-bond acceptors (Lipinski definition) is 7. The first-order valence-corrected chi connectivity index (χ1v) is 15.3. The van der Waals surface area contributed by atoms with E-state index in [9.17, 15) is 19.5 Å². The van der Waals surface area contributed by atoms with Gasteiger partial charge in [0.15, 0.2) is 11.5 Å². The van der Waals surface area contributed by atoms with Gasteiger partial charge in [-0.25, -0.2) is 0 Å². The highest BCUT2D eigenvalue weighted by Gasteiger charge is 2.41. The number of benzene rings is 2. The van der Waals surface area contributed by atoms with Gasteiger partial charge in [0, 0.05) is 41.3 Å². The Kier molecular flexibility index (Phi) is 8.52. The van der Waals surface area contributed by atoms with Crippen molar-refractivity contribution in [3.63, 3.8) is 0 Å². The minimum absolute atomic E-state index is 0.138. The minimum atomic E-state index is -1.08. The number of para-hydroxylation sites is 1. The van der Waals surface area contributed by atoms with Crippen LogP contribution in [0.1, 0.15) is 57.3 Å². The molecule has 0 radical (unpaired) electrons. The summed E-state index contributed by atoms with van der Waals surface area (Å²) in [7, 11) is 0. The summed E-state index contributed by atoms with van der Waals surface area (Å²) < 4.78 is 18.6. The zero-order chi connectivity index (χ0) is 29.3. The van der Waals surface area contributed by atoms with Gasteiger partial charge in [0.05, 0.1) is 12.3 Å². The third-order valence-corrected chi connectivity index (χ3v) is 8.37. The SMILES string of the molecule is CSc1ccc2c(c1)[C@H](c1cccc3c1OCCO3)O[C@@H](CC(=O)N1CCCC(C(=O)O)C1)C(=O)N2CC(C)(C)C. The van der Waals surface area contributed by atoms with Gasteiger partial charge in [0.2, 0.25) is 5.91 Å². The van der Waals surface area contributed by atoms with Crippen LogP contribution in [0.15, 0.2) is 41.3 Å². The van der Waals surface area contributed by atoms with Crippen molar-refractivity contribution in [2.45, 2.75) is 57.1 Å². The molecule has 0 bridgehead atoms. The molecule has 3 aliphatic rings. The molecule has 5 rings (SSSR count). The molecule has 0 aromatic heterocycles. The molecule has 2 aromatic rings. The molecule has 3 atom stereocenters. The Hall–Kier alpha value is -3.24. The molecule has 1 N–H and O–H groups in total. The van der Waals surface area contributed by atoms with E-state index in [1.54, 1.807) is 21.6 Å². The number of likely N-dealkylation sites (tertiary alicyclic amines) is 1. The molecule has 2 amide bonds. The van der Waals surface area contributed by atoms with Crippen molar-refractivity contribution < 1.29 is 33.7 Å². The van der Waals surface area contributed by atoms with Crippen LogP contribution in [0.25, 0.3) is 0 Å². The van der Waals surface area contributed by atoms with Crippen molar-refractivity contribution in [2.75, 3.05) is 44.0 Å². The molecule has 0 aliphatic carbocycles. The first-order valence-electron chi connectivity index (χ1n) is 14.1. The van der Waals surface area contributed by atoms with E-state index in [1.165, 1.54) is 0 Å². The minimum Gasteiger partial charge on any atom is -0.486 e. The number of anilines is 1. The normalized spacial score (nSPS) is 22.6. The Labute approximate surface area is 245 Å². The van der Waals surface area contributed by atoms with E-state index in [-0.39, 0.29) is 30.2 Å². The molecule has 2 aromatic carbocycles. The van der Waals surface area contributed by atoms with Crippen molar-refractivity contribution in [3.8, 4) is 11.5 Å². The lowest BCUT2D eigenvalue weighted by atomic mass is 9.94. The third-order valence-electron chi connectivity index (χ3n) is 7.64. The number of amides is 2. The number of carboxylic acid groups (broad SMARTS) is 1. The van der Waals surface area contributed by atoms with Crippen molar-refractivity contribution in [1.29, 1.82) is 0 Å². The highest BCUT2D eigenvalue weighted by molar-refractivity contribution is 7.98. The summed E-state index contributed by atoms with van der Waals surface area (Å²) in [5, 5.41) is 9.53. The molecule has 41 heavy (non-hydrogen) atoms. The van der Waals surface area contributed by atoms with Crippen molar-refractivity contribution >= 4 is 35.2 Å². The molecule has 9 nitrogen and oxygen atoms in total. The van der Waals surface area contributed by atoms with Crippen LogP contribution in [-0.4, -0.2) is 73.0 Å². The summed E-state index contributed by atoms with van der Waals surface area (Å²) >= 11 is 1.60. The van der Waals surface area contributed by atoms with Gasteiger partial charge in [-0.3, -0.25) is 14.4 Å². The van der Waals surface area contributed by atoms with Crippen molar-refractivity contribution in [3.05, 3.63) is 47.5 Å². The van der Waals surface area contributed by atoms with Gasteiger partial charge in [-0.2, -0.15) is 0 Å². The molecule has 3 heterocycles. The topological polar surface area (TPSA) is 106 Å². The number of rotatable bonds is 6. The lowest BCUT2D eigenvalue weighted by molar-refractivity contribution is -0.148. The van der Waals surface area contributed by atoms with Crippen LogP contribution in [0.5, 0.6) is 11.5 Å². The summed E-state index contributed by atoms with van der Waals surface area (Å²) in [4.78, 5) is 43.8. The Balaban J connectivity index is 1.58. The molecule has 0 saturated carbocycles. The Morgan fingerprint density at radius 3 is 2.61 bits per heavy atom. The zero-order valence-electron chi connectivity index (χ0n) is 24.1. The molecular formula is C31H38N2O7S. The maximum atomic E-state index is 14.3. The van der Waals surface area contributed by atoms with Crippen LogP contribution in [-0.2, 0) is 19.1 Å². The average Bonchev–Trinajstić information content (AvgIpc) is 3.06. The number of piperidine rings is 1. The number of carboxylic acids is 1. The van der Waals surface area contributed by atoms with E-state index in [2.05, 4.69) is 20.8 Å². The average molecular weight is 583 g/mol. The fraction of sp³-hybridized carbons (Fsp3) is 0.516. The second-order valence-corrected chi connectivity index (χ2v) is 12.9. The highest BCUT2D eigenvalue weighted by atomic mass is 32.2. The van der Waals surface area contributed by atoms with E-state index < -0.39 is 24.1 Å².